The van der Waals surface area contributed by atoms with E-state index in [1.54, 1.807) is 17.1 Å². The predicted molar refractivity (Wildman–Crippen MR) is 56.1 cm³/mol. The number of carbonyl (C=O) groups excluding carboxylic acids is 1. The number of hydrogen-bond acceptors (Lipinski definition) is 3. The van der Waals surface area contributed by atoms with E-state index in [1.165, 1.54) is 0 Å². The average Bonchev–Trinajstić information content (AvgIpc) is 2.85. The molecule has 2 N–H and O–H groups in total. The quantitative estimate of drug-likeness (QED) is 0.744. The number of amides is 1. The molecule has 2 rings (SSSR count). The van der Waals surface area contributed by atoms with E-state index in [1.807, 2.05) is 17.9 Å². The Hall–Kier alpha value is -1.36. The van der Waals surface area contributed by atoms with Gasteiger partial charge in [0.25, 0.3) is 0 Å². The molecule has 0 aromatic carbocycles. The van der Waals surface area contributed by atoms with Crippen LogP contribution in [-0.4, -0.2) is 39.7 Å². The van der Waals surface area contributed by atoms with Gasteiger partial charge in [-0.05, 0) is 19.4 Å². The predicted octanol–water partition coefficient (Wildman–Crippen LogP) is 0.00370. The van der Waals surface area contributed by atoms with Crippen molar-refractivity contribution in [2.75, 3.05) is 13.1 Å². The van der Waals surface area contributed by atoms with E-state index in [0.717, 1.165) is 13.0 Å². The third-order valence-corrected chi connectivity index (χ3v) is 2.82. The Morgan fingerprint density at radius 1 is 1.67 bits per heavy atom. The van der Waals surface area contributed by atoms with Gasteiger partial charge < -0.3 is 10.6 Å². The van der Waals surface area contributed by atoms with Crippen LogP contribution in [0, 0.1) is 0 Å². The molecule has 1 saturated heterocycles. The van der Waals surface area contributed by atoms with E-state index in [-0.39, 0.29) is 18.0 Å². The van der Waals surface area contributed by atoms with Gasteiger partial charge in [-0.25, -0.2) is 0 Å². The first-order chi connectivity index (χ1) is 7.18. The largest absolute Gasteiger partial charge is 0.339 e. The average molecular weight is 208 g/mol. The maximum Gasteiger partial charge on any atom is 0.247 e. The van der Waals surface area contributed by atoms with E-state index in [9.17, 15) is 4.79 Å². The molecule has 0 radical (unpaired) electrons. The van der Waals surface area contributed by atoms with Crippen LogP contribution >= 0.6 is 0 Å². The Balaban J connectivity index is 2.02. The summed E-state index contributed by atoms with van der Waals surface area (Å²) in [6, 6.07) is 1.73. The highest BCUT2D eigenvalue weighted by Gasteiger charge is 2.27. The number of nitrogens with two attached hydrogens (primary N) is 1. The monoisotopic (exact) mass is 208 g/mol. The molecule has 2 heterocycles. The van der Waals surface area contributed by atoms with Crippen LogP contribution in [0.5, 0.6) is 0 Å². The Kier molecular flexibility index (Phi) is 2.73. The van der Waals surface area contributed by atoms with Crippen molar-refractivity contribution in [1.82, 2.24) is 14.7 Å². The van der Waals surface area contributed by atoms with Crippen molar-refractivity contribution in [3.8, 4) is 0 Å². The van der Waals surface area contributed by atoms with E-state index >= 15 is 0 Å². The molecule has 0 saturated carbocycles. The highest BCUT2D eigenvalue weighted by atomic mass is 16.2. The topological polar surface area (TPSA) is 64.2 Å². The highest BCUT2D eigenvalue weighted by molar-refractivity contribution is 5.80. The first-order valence-corrected chi connectivity index (χ1v) is 5.22. The number of aromatic nitrogens is 2. The fourth-order valence-electron chi connectivity index (χ4n) is 1.87. The minimum atomic E-state index is -0.231. The van der Waals surface area contributed by atoms with Crippen LogP contribution in [0.1, 0.15) is 19.4 Å². The van der Waals surface area contributed by atoms with Gasteiger partial charge in [0.2, 0.25) is 5.91 Å². The second-order valence-electron chi connectivity index (χ2n) is 4.00. The second-order valence-corrected chi connectivity index (χ2v) is 4.00. The fourth-order valence-corrected chi connectivity index (χ4v) is 1.87. The zero-order valence-corrected chi connectivity index (χ0v) is 8.84. The van der Waals surface area contributed by atoms with Crippen LogP contribution in [0.15, 0.2) is 18.5 Å². The molecule has 0 unspecified atom stereocenters. The van der Waals surface area contributed by atoms with Gasteiger partial charge in [-0.15, -0.1) is 0 Å². The van der Waals surface area contributed by atoms with E-state index < -0.39 is 0 Å². The smallest absolute Gasteiger partial charge is 0.247 e. The van der Waals surface area contributed by atoms with Gasteiger partial charge in [0.05, 0.1) is 0 Å². The number of hydrogen-bond donors (Lipinski definition) is 1. The van der Waals surface area contributed by atoms with E-state index in [0.29, 0.717) is 6.54 Å². The van der Waals surface area contributed by atoms with Crippen molar-refractivity contribution < 1.29 is 4.79 Å². The van der Waals surface area contributed by atoms with Crippen molar-refractivity contribution in [3.05, 3.63) is 18.5 Å². The van der Waals surface area contributed by atoms with Gasteiger partial charge in [0.15, 0.2) is 0 Å². The number of likely N-dealkylation sites (tertiary alicyclic amines) is 1. The molecule has 5 heteroatoms. The SMILES string of the molecule is C[C@H](C(=O)N1CC[C@H](N)C1)n1cccn1. The van der Waals surface area contributed by atoms with Crippen molar-refractivity contribution in [2.24, 2.45) is 5.73 Å². The Morgan fingerprint density at radius 2 is 2.47 bits per heavy atom. The van der Waals surface area contributed by atoms with Gasteiger partial charge in [-0.2, -0.15) is 5.10 Å². The summed E-state index contributed by atoms with van der Waals surface area (Å²) in [7, 11) is 0. The summed E-state index contributed by atoms with van der Waals surface area (Å²) >= 11 is 0. The molecule has 1 fully saturated rings. The molecule has 1 amide bonds. The summed E-state index contributed by atoms with van der Waals surface area (Å²) in [4.78, 5) is 13.8. The van der Waals surface area contributed by atoms with Crippen LogP contribution in [0.2, 0.25) is 0 Å². The standard InChI is InChI=1S/C10H16N4O/c1-8(14-5-2-4-12-14)10(15)13-6-3-9(11)7-13/h2,4-5,8-9H,3,6-7,11H2,1H3/t8-,9+/m1/s1. The molecule has 0 bridgehead atoms. The Bertz CT molecular complexity index is 335. The van der Waals surface area contributed by atoms with Crippen LogP contribution in [-0.2, 0) is 4.79 Å². The van der Waals surface area contributed by atoms with Crippen molar-refractivity contribution in [3.63, 3.8) is 0 Å². The molecule has 82 valence electrons. The lowest BCUT2D eigenvalue weighted by Gasteiger charge is -2.20. The minimum absolute atomic E-state index is 0.103. The normalized spacial score (nSPS) is 23.1. The molecule has 1 aliphatic heterocycles. The van der Waals surface area contributed by atoms with Gasteiger partial charge in [0, 0.05) is 31.5 Å². The molecule has 0 aliphatic carbocycles. The fraction of sp³-hybridized carbons (Fsp3) is 0.600. The molecule has 1 aromatic rings. The molecule has 0 spiro atoms. The van der Waals surface area contributed by atoms with E-state index in [4.69, 9.17) is 5.73 Å². The third-order valence-electron chi connectivity index (χ3n) is 2.82. The summed E-state index contributed by atoms with van der Waals surface area (Å²) < 4.78 is 1.67. The van der Waals surface area contributed by atoms with Crippen LogP contribution in [0.25, 0.3) is 0 Å². The maximum atomic E-state index is 12.0. The van der Waals surface area contributed by atoms with Gasteiger partial charge >= 0.3 is 0 Å². The summed E-state index contributed by atoms with van der Waals surface area (Å²) in [5.41, 5.74) is 5.77. The lowest BCUT2D eigenvalue weighted by Crippen LogP contribution is -2.36. The van der Waals surface area contributed by atoms with Gasteiger partial charge in [-0.3, -0.25) is 9.48 Å². The Morgan fingerprint density at radius 3 is 3.00 bits per heavy atom. The van der Waals surface area contributed by atoms with Gasteiger partial charge in [-0.1, -0.05) is 0 Å². The molecule has 1 aromatic heterocycles. The highest BCUT2D eigenvalue weighted by Crippen LogP contribution is 2.14. The van der Waals surface area contributed by atoms with Crippen LogP contribution in [0.4, 0.5) is 0 Å². The van der Waals surface area contributed by atoms with Crippen molar-refractivity contribution in [1.29, 1.82) is 0 Å². The number of rotatable bonds is 2. The Labute approximate surface area is 88.8 Å². The van der Waals surface area contributed by atoms with Crippen LogP contribution < -0.4 is 5.73 Å². The first-order valence-electron chi connectivity index (χ1n) is 5.22. The second kappa shape index (κ2) is 4.02. The van der Waals surface area contributed by atoms with Gasteiger partial charge in [0.1, 0.15) is 6.04 Å². The molecular weight excluding hydrogens is 192 g/mol. The third kappa shape index (κ3) is 2.02. The van der Waals surface area contributed by atoms with Crippen molar-refractivity contribution in [2.45, 2.75) is 25.4 Å². The molecule has 2 atom stereocenters. The van der Waals surface area contributed by atoms with Crippen LogP contribution in [0.3, 0.4) is 0 Å². The maximum absolute atomic E-state index is 12.0. The van der Waals surface area contributed by atoms with Crippen molar-refractivity contribution >= 4 is 5.91 Å². The number of carbonyl (C=O) groups is 1. The number of nitrogens with zero attached hydrogens (tertiary/aromatic N) is 3. The summed E-state index contributed by atoms with van der Waals surface area (Å²) in [6.07, 6.45) is 4.38. The zero-order chi connectivity index (χ0) is 10.8. The summed E-state index contributed by atoms with van der Waals surface area (Å²) in [5.74, 6) is 0.103. The minimum Gasteiger partial charge on any atom is -0.339 e. The molecule has 5 nitrogen and oxygen atoms in total. The first kappa shape index (κ1) is 10.2. The molecule has 1 aliphatic rings. The zero-order valence-electron chi connectivity index (χ0n) is 8.84. The molecule has 15 heavy (non-hydrogen) atoms. The lowest BCUT2D eigenvalue weighted by atomic mass is 10.3. The lowest BCUT2D eigenvalue weighted by molar-refractivity contribution is -0.133. The molecular formula is C10H16N4O. The summed E-state index contributed by atoms with van der Waals surface area (Å²) in [6.45, 7) is 3.30. The van der Waals surface area contributed by atoms with E-state index in [2.05, 4.69) is 5.10 Å². The summed E-state index contributed by atoms with van der Waals surface area (Å²) in [5, 5.41) is 4.07.